The third-order valence-corrected chi connectivity index (χ3v) is 5.00. The van der Waals surface area contributed by atoms with Gasteiger partial charge in [0.2, 0.25) is 0 Å². The normalized spacial score (nSPS) is 21.9. The molecule has 2 aliphatic carbocycles. The molecule has 1 saturated carbocycles. The number of carbonyl (C=O) groups is 1. The second-order valence-electron chi connectivity index (χ2n) is 6.66. The number of aromatic nitrogens is 2. The van der Waals surface area contributed by atoms with Crippen molar-refractivity contribution in [2.45, 2.75) is 51.0 Å². The minimum Gasteiger partial charge on any atom is -0.494 e. The number of aryl methyl sites for hydroxylation is 1. The molecule has 126 valence electrons. The van der Waals surface area contributed by atoms with Crippen molar-refractivity contribution in [2.24, 2.45) is 0 Å². The third-order valence-electron chi connectivity index (χ3n) is 5.00. The molecular weight excluding hydrogens is 302 g/mol. The summed E-state index contributed by atoms with van der Waals surface area (Å²) in [4.78, 5) is 12.5. The fraction of sp³-hybridized carbons (Fsp3) is 0.474. The van der Waals surface area contributed by atoms with Crippen LogP contribution in [0.1, 0.15) is 59.4 Å². The number of amides is 1. The number of nitrogens with zero attached hydrogens (tertiary/aromatic N) is 1. The SMILES string of the molecule is CCOc1ccc([C@@H]2C[C@H]2NC(=O)c2n[nH]c3c2CCCC3)cc1. The number of carbonyl (C=O) groups excluding carboxylic acids is 1. The van der Waals surface area contributed by atoms with Crippen molar-refractivity contribution < 1.29 is 9.53 Å². The van der Waals surface area contributed by atoms with E-state index in [1.54, 1.807) is 0 Å². The standard InChI is InChI=1S/C19H23N3O2/c1-2-24-13-9-7-12(8-10-13)15-11-17(15)20-19(23)18-14-5-3-4-6-16(14)21-22-18/h7-10,15,17H,2-6,11H2,1H3,(H,20,23)(H,21,22)/t15-,17+/m0/s1. The van der Waals surface area contributed by atoms with Gasteiger partial charge in [0.25, 0.3) is 5.91 Å². The molecule has 0 aliphatic heterocycles. The zero-order valence-corrected chi connectivity index (χ0v) is 14.0. The fourth-order valence-electron chi connectivity index (χ4n) is 3.61. The number of H-pyrrole nitrogens is 1. The summed E-state index contributed by atoms with van der Waals surface area (Å²) < 4.78 is 5.47. The van der Waals surface area contributed by atoms with E-state index in [0.717, 1.165) is 42.7 Å². The first-order valence-electron chi connectivity index (χ1n) is 8.86. The topological polar surface area (TPSA) is 67.0 Å². The van der Waals surface area contributed by atoms with E-state index in [4.69, 9.17) is 4.74 Å². The number of rotatable bonds is 5. The lowest BCUT2D eigenvalue weighted by molar-refractivity contribution is 0.0944. The molecule has 0 spiro atoms. The van der Waals surface area contributed by atoms with Crippen molar-refractivity contribution in [2.75, 3.05) is 6.61 Å². The molecule has 0 radical (unpaired) electrons. The summed E-state index contributed by atoms with van der Waals surface area (Å²) in [5.74, 6) is 1.26. The van der Waals surface area contributed by atoms with Gasteiger partial charge < -0.3 is 10.1 Å². The van der Waals surface area contributed by atoms with Crippen molar-refractivity contribution in [1.29, 1.82) is 0 Å². The lowest BCUT2D eigenvalue weighted by Crippen LogP contribution is -2.28. The van der Waals surface area contributed by atoms with Crippen LogP contribution >= 0.6 is 0 Å². The lowest BCUT2D eigenvalue weighted by atomic mass is 9.96. The molecule has 0 bridgehead atoms. The van der Waals surface area contributed by atoms with Crippen LogP contribution in [-0.2, 0) is 12.8 Å². The number of benzene rings is 1. The summed E-state index contributed by atoms with van der Waals surface area (Å²) in [6.45, 7) is 2.66. The molecule has 4 rings (SSSR count). The fourth-order valence-corrected chi connectivity index (χ4v) is 3.61. The zero-order valence-electron chi connectivity index (χ0n) is 14.0. The van der Waals surface area contributed by atoms with E-state index in [-0.39, 0.29) is 11.9 Å². The summed E-state index contributed by atoms with van der Waals surface area (Å²) in [7, 11) is 0. The summed E-state index contributed by atoms with van der Waals surface area (Å²) >= 11 is 0. The Morgan fingerprint density at radius 3 is 2.88 bits per heavy atom. The van der Waals surface area contributed by atoms with Crippen molar-refractivity contribution in [1.82, 2.24) is 15.5 Å². The average molecular weight is 325 g/mol. The Morgan fingerprint density at radius 1 is 1.29 bits per heavy atom. The minimum absolute atomic E-state index is 0.0344. The molecular formula is C19H23N3O2. The average Bonchev–Trinajstić information content (AvgIpc) is 3.22. The highest BCUT2D eigenvalue weighted by atomic mass is 16.5. The number of hydrogen-bond acceptors (Lipinski definition) is 3. The summed E-state index contributed by atoms with van der Waals surface area (Å²) in [6.07, 6.45) is 5.28. The molecule has 2 N–H and O–H groups in total. The number of aromatic amines is 1. The second kappa shape index (κ2) is 6.30. The third kappa shape index (κ3) is 2.90. The maximum atomic E-state index is 12.5. The van der Waals surface area contributed by atoms with Crippen LogP contribution in [0, 0.1) is 0 Å². The Kier molecular flexibility index (Phi) is 4.00. The van der Waals surface area contributed by atoms with Gasteiger partial charge in [0.15, 0.2) is 5.69 Å². The summed E-state index contributed by atoms with van der Waals surface area (Å²) in [5, 5.41) is 10.4. The summed E-state index contributed by atoms with van der Waals surface area (Å²) in [6, 6.07) is 8.41. The van der Waals surface area contributed by atoms with E-state index in [0.29, 0.717) is 18.2 Å². The van der Waals surface area contributed by atoms with E-state index in [1.165, 1.54) is 12.0 Å². The van der Waals surface area contributed by atoms with Gasteiger partial charge in [-0.05, 0) is 56.7 Å². The smallest absolute Gasteiger partial charge is 0.272 e. The Labute approximate surface area is 141 Å². The van der Waals surface area contributed by atoms with Gasteiger partial charge >= 0.3 is 0 Å². The molecule has 2 aliphatic rings. The molecule has 1 aromatic carbocycles. The van der Waals surface area contributed by atoms with Crippen LogP contribution in [0.15, 0.2) is 24.3 Å². The Hall–Kier alpha value is -2.30. The maximum Gasteiger partial charge on any atom is 0.272 e. The zero-order chi connectivity index (χ0) is 16.5. The molecule has 1 fully saturated rings. The highest BCUT2D eigenvalue weighted by molar-refractivity contribution is 5.94. The van der Waals surface area contributed by atoms with Crippen LogP contribution in [0.4, 0.5) is 0 Å². The highest BCUT2D eigenvalue weighted by Gasteiger charge is 2.40. The predicted molar refractivity (Wildman–Crippen MR) is 91.5 cm³/mol. The van der Waals surface area contributed by atoms with Gasteiger partial charge in [-0.25, -0.2) is 0 Å². The molecule has 1 amide bonds. The van der Waals surface area contributed by atoms with Crippen LogP contribution in [-0.4, -0.2) is 28.8 Å². The first-order valence-corrected chi connectivity index (χ1v) is 8.86. The molecule has 24 heavy (non-hydrogen) atoms. The Bertz CT molecular complexity index is 736. The molecule has 5 nitrogen and oxygen atoms in total. The first-order chi connectivity index (χ1) is 11.8. The quantitative estimate of drug-likeness (QED) is 0.888. The molecule has 2 atom stereocenters. The van der Waals surface area contributed by atoms with Crippen LogP contribution in [0.2, 0.25) is 0 Å². The van der Waals surface area contributed by atoms with E-state index in [9.17, 15) is 4.79 Å². The predicted octanol–water partition coefficient (Wildman–Crippen LogP) is 2.97. The molecule has 2 aromatic rings. The minimum atomic E-state index is -0.0344. The number of ether oxygens (including phenoxy) is 1. The van der Waals surface area contributed by atoms with E-state index in [1.807, 2.05) is 19.1 Å². The molecule has 1 aromatic heterocycles. The van der Waals surface area contributed by atoms with Crippen LogP contribution < -0.4 is 10.1 Å². The van der Waals surface area contributed by atoms with E-state index < -0.39 is 0 Å². The number of fused-ring (bicyclic) bond motifs is 1. The van der Waals surface area contributed by atoms with Gasteiger partial charge in [0, 0.05) is 23.2 Å². The maximum absolute atomic E-state index is 12.5. The van der Waals surface area contributed by atoms with Gasteiger partial charge in [-0.2, -0.15) is 5.10 Å². The van der Waals surface area contributed by atoms with Gasteiger partial charge in [0.05, 0.1) is 6.61 Å². The second-order valence-corrected chi connectivity index (χ2v) is 6.66. The van der Waals surface area contributed by atoms with Crippen LogP contribution in [0.25, 0.3) is 0 Å². The molecule has 1 heterocycles. The van der Waals surface area contributed by atoms with Crippen molar-refractivity contribution >= 4 is 5.91 Å². The summed E-state index contributed by atoms with van der Waals surface area (Å²) in [5.41, 5.74) is 4.12. The van der Waals surface area contributed by atoms with Crippen molar-refractivity contribution in [3.63, 3.8) is 0 Å². The molecule has 0 saturated heterocycles. The Balaban J connectivity index is 1.39. The van der Waals surface area contributed by atoms with Crippen molar-refractivity contribution in [3.8, 4) is 5.75 Å². The van der Waals surface area contributed by atoms with Crippen molar-refractivity contribution in [3.05, 3.63) is 46.8 Å². The molecule has 5 heteroatoms. The lowest BCUT2D eigenvalue weighted by Gasteiger charge is -2.11. The largest absolute Gasteiger partial charge is 0.494 e. The van der Waals surface area contributed by atoms with Crippen LogP contribution in [0.3, 0.4) is 0 Å². The van der Waals surface area contributed by atoms with Gasteiger partial charge in [-0.1, -0.05) is 12.1 Å². The number of hydrogen-bond donors (Lipinski definition) is 2. The first kappa shape index (κ1) is 15.2. The monoisotopic (exact) mass is 325 g/mol. The highest BCUT2D eigenvalue weighted by Crippen LogP contribution is 2.41. The van der Waals surface area contributed by atoms with Gasteiger partial charge in [-0.15, -0.1) is 0 Å². The van der Waals surface area contributed by atoms with E-state index >= 15 is 0 Å². The van der Waals surface area contributed by atoms with Gasteiger partial charge in [-0.3, -0.25) is 9.89 Å². The molecule has 0 unspecified atom stereocenters. The van der Waals surface area contributed by atoms with Gasteiger partial charge in [0.1, 0.15) is 5.75 Å². The number of nitrogens with one attached hydrogen (secondary N) is 2. The van der Waals surface area contributed by atoms with E-state index in [2.05, 4.69) is 27.6 Å². The Morgan fingerprint density at radius 2 is 2.08 bits per heavy atom. The van der Waals surface area contributed by atoms with Crippen LogP contribution in [0.5, 0.6) is 5.75 Å².